The molecule has 0 heterocycles. The van der Waals surface area contributed by atoms with Gasteiger partial charge in [0.05, 0.1) is 0 Å². The topological polar surface area (TPSA) is 0 Å². The summed E-state index contributed by atoms with van der Waals surface area (Å²) in [4.78, 5) is 0. The van der Waals surface area contributed by atoms with Gasteiger partial charge >= 0.3 is 0 Å². The molecule has 0 aromatic rings. The maximum absolute atomic E-state index is 4.28. The molecule has 0 aliphatic heterocycles. The summed E-state index contributed by atoms with van der Waals surface area (Å²) < 4.78 is 0. The highest BCUT2D eigenvalue weighted by Crippen LogP contribution is 2.13. The van der Waals surface area contributed by atoms with E-state index in [1.54, 1.807) is 0 Å². The number of hydrogen-bond acceptors (Lipinski definition) is 3. The van der Waals surface area contributed by atoms with Gasteiger partial charge in [0.25, 0.3) is 0 Å². The number of hydrogen-bond donors (Lipinski definition) is 2. The normalized spacial score (nSPS) is 13.5. The minimum absolute atomic E-state index is 0.769. The average Bonchev–Trinajstić information content (AvgIpc) is 1.98. The van der Waals surface area contributed by atoms with Crippen LogP contribution in [0.25, 0.3) is 0 Å². The predicted octanol–water partition coefficient (Wildman–Crippen LogP) is 2.61. The zero-order chi connectivity index (χ0) is 7.82. The first-order valence-corrected chi connectivity index (χ1v) is 6.06. The molecule has 0 saturated heterocycles. The highest BCUT2D eigenvalue weighted by molar-refractivity contribution is 7.99. The largest absolute Gasteiger partial charge is 0.179 e. The lowest BCUT2D eigenvalue weighted by Crippen LogP contribution is -2.06. The fraction of sp³-hybridized carbons (Fsp3) is 1.00. The minimum atomic E-state index is 0.769. The maximum Gasteiger partial charge on any atom is -0.00312 e. The lowest BCUT2D eigenvalue weighted by atomic mass is 10.1. The molecule has 0 aliphatic carbocycles. The molecule has 1 unspecified atom stereocenters. The second kappa shape index (κ2) is 8.15. The van der Waals surface area contributed by atoms with E-state index in [1.807, 2.05) is 11.8 Å². The standard InChI is InChI=1S/C7H16S3/c1-2-10-6-7(5-9)3-4-8/h7-9H,2-6H2,1H3. The van der Waals surface area contributed by atoms with Gasteiger partial charge in [-0.05, 0) is 35.4 Å². The summed E-state index contributed by atoms with van der Waals surface area (Å²) in [6, 6.07) is 0. The van der Waals surface area contributed by atoms with Crippen LogP contribution in [0.5, 0.6) is 0 Å². The Kier molecular flexibility index (Phi) is 9.01. The first-order chi connectivity index (χ1) is 4.85. The van der Waals surface area contributed by atoms with E-state index in [2.05, 4.69) is 32.2 Å². The van der Waals surface area contributed by atoms with E-state index in [-0.39, 0.29) is 0 Å². The Balaban J connectivity index is 3.21. The van der Waals surface area contributed by atoms with Crippen LogP contribution in [0.2, 0.25) is 0 Å². The molecule has 0 spiro atoms. The van der Waals surface area contributed by atoms with Crippen molar-refractivity contribution >= 4 is 37.0 Å². The Morgan fingerprint density at radius 2 is 2.10 bits per heavy atom. The minimum Gasteiger partial charge on any atom is -0.179 e. The third-order valence-electron chi connectivity index (χ3n) is 1.35. The van der Waals surface area contributed by atoms with Crippen LogP contribution in [0.15, 0.2) is 0 Å². The smallest absolute Gasteiger partial charge is 0.00312 e. The fourth-order valence-corrected chi connectivity index (χ4v) is 2.40. The molecule has 0 saturated carbocycles. The molecule has 0 aliphatic rings. The molecule has 0 N–H and O–H groups in total. The van der Waals surface area contributed by atoms with Crippen LogP contribution in [0, 0.1) is 5.92 Å². The highest BCUT2D eigenvalue weighted by Gasteiger charge is 2.03. The van der Waals surface area contributed by atoms with E-state index in [0.29, 0.717) is 0 Å². The van der Waals surface area contributed by atoms with Crippen LogP contribution in [0.3, 0.4) is 0 Å². The van der Waals surface area contributed by atoms with Crippen molar-refractivity contribution in [2.24, 2.45) is 5.92 Å². The van der Waals surface area contributed by atoms with E-state index < -0.39 is 0 Å². The van der Waals surface area contributed by atoms with Crippen LogP contribution in [0.1, 0.15) is 13.3 Å². The number of thioether (sulfide) groups is 1. The molecule has 0 bridgehead atoms. The van der Waals surface area contributed by atoms with Crippen molar-refractivity contribution in [3.63, 3.8) is 0 Å². The molecule has 0 rings (SSSR count). The Morgan fingerprint density at radius 3 is 2.50 bits per heavy atom. The second-order valence-corrected chi connectivity index (χ2v) is 4.35. The summed E-state index contributed by atoms with van der Waals surface area (Å²) in [5.41, 5.74) is 0. The van der Waals surface area contributed by atoms with E-state index >= 15 is 0 Å². The van der Waals surface area contributed by atoms with Crippen LogP contribution in [-0.2, 0) is 0 Å². The van der Waals surface area contributed by atoms with Crippen molar-refractivity contribution in [2.75, 3.05) is 23.0 Å². The van der Waals surface area contributed by atoms with Gasteiger partial charge < -0.3 is 0 Å². The molecule has 3 heteroatoms. The molecular weight excluding hydrogens is 180 g/mol. The summed E-state index contributed by atoms with van der Waals surface area (Å²) >= 11 is 10.5. The van der Waals surface area contributed by atoms with Gasteiger partial charge in [0, 0.05) is 0 Å². The van der Waals surface area contributed by atoms with Crippen molar-refractivity contribution in [2.45, 2.75) is 13.3 Å². The summed E-state index contributed by atoms with van der Waals surface area (Å²) in [5, 5.41) is 0. The number of thiol groups is 2. The molecule has 62 valence electrons. The van der Waals surface area contributed by atoms with Gasteiger partial charge in [-0.25, -0.2) is 0 Å². The van der Waals surface area contributed by atoms with Crippen LogP contribution in [-0.4, -0.2) is 23.0 Å². The van der Waals surface area contributed by atoms with E-state index in [0.717, 1.165) is 17.4 Å². The summed E-state index contributed by atoms with van der Waals surface area (Å²) in [5.74, 6) is 5.24. The van der Waals surface area contributed by atoms with Crippen LogP contribution >= 0.6 is 37.0 Å². The summed E-state index contributed by atoms with van der Waals surface area (Å²) in [6.07, 6.45) is 1.21. The van der Waals surface area contributed by atoms with E-state index in [9.17, 15) is 0 Å². The summed E-state index contributed by atoms with van der Waals surface area (Å²) in [6.45, 7) is 2.20. The van der Waals surface area contributed by atoms with Gasteiger partial charge in [0.1, 0.15) is 0 Å². The zero-order valence-electron chi connectivity index (χ0n) is 6.42. The second-order valence-electron chi connectivity index (χ2n) is 2.22. The molecule has 0 radical (unpaired) electrons. The third kappa shape index (κ3) is 5.81. The Morgan fingerprint density at radius 1 is 1.40 bits per heavy atom. The molecule has 0 nitrogen and oxygen atoms in total. The fourth-order valence-electron chi connectivity index (χ4n) is 0.694. The van der Waals surface area contributed by atoms with Gasteiger partial charge in [-0.15, -0.1) is 0 Å². The van der Waals surface area contributed by atoms with Crippen molar-refractivity contribution in [3.05, 3.63) is 0 Å². The molecule has 0 fully saturated rings. The third-order valence-corrected chi connectivity index (χ3v) is 3.24. The molecule has 0 aromatic carbocycles. The van der Waals surface area contributed by atoms with E-state index in [4.69, 9.17) is 0 Å². The molecule has 1 atom stereocenters. The Labute approximate surface area is 79.4 Å². The monoisotopic (exact) mass is 196 g/mol. The van der Waals surface area contributed by atoms with Crippen molar-refractivity contribution in [1.29, 1.82) is 0 Å². The van der Waals surface area contributed by atoms with Gasteiger partial charge in [-0.3, -0.25) is 0 Å². The van der Waals surface area contributed by atoms with Gasteiger partial charge in [-0.1, -0.05) is 6.92 Å². The van der Waals surface area contributed by atoms with Crippen molar-refractivity contribution < 1.29 is 0 Å². The molecular formula is C7H16S3. The Bertz CT molecular complexity index is 65.9. The van der Waals surface area contributed by atoms with Gasteiger partial charge in [-0.2, -0.15) is 37.0 Å². The lowest BCUT2D eigenvalue weighted by molar-refractivity contribution is 0.657. The van der Waals surface area contributed by atoms with Crippen LogP contribution < -0.4 is 0 Å². The van der Waals surface area contributed by atoms with Crippen LogP contribution in [0.4, 0.5) is 0 Å². The average molecular weight is 196 g/mol. The first-order valence-electron chi connectivity index (χ1n) is 3.64. The first kappa shape index (κ1) is 11.1. The maximum atomic E-state index is 4.28. The van der Waals surface area contributed by atoms with Crippen molar-refractivity contribution in [3.8, 4) is 0 Å². The zero-order valence-corrected chi connectivity index (χ0v) is 9.02. The predicted molar refractivity (Wildman–Crippen MR) is 58.8 cm³/mol. The number of rotatable bonds is 6. The van der Waals surface area contributed by atoms with Crippen molar-refractivity contribution in [1.82, 2.24) is 0 Å². The quantitative estimate of drug-likeness (QED) is 0.616. The van der Waals surface area contributed by atoms with Gasteiger partial charge in [0.2, 0.25) is 0 Å². The molecule has 0 aromatic heterocycles. The molecule has 10 heavy (non-hydrogen) atoms. The Hall–Kier alpha value is 1.05. The van der Waals surface area contributed by atoms with E-state index in [1.165, 1.54) is 17.9 Å². The van der Waals surface area contributed by atoms with Gasteiger partial charge in [0.15, 0.2) is 0 Å². The molecule has 0 amide bonds. The highest BCUT2D eigenvalue weighted by atomic mass is 32.2. The SMILES string of the molecule is CCSCC(CS)CCS. The summed E-state index contributed by atoms with van der Waals surface area (Å²) in [7, 11) is 0. The lowest BCUT2D eigenvalue weighted by Gasteiger charge is -2.10.